The third-order valence-electron chi connectivity index (χ3n) is 4.10. The second-order valence-corrected chi connectivity index (χ2v) is 7.36. The van der Waals surface area contributed by atoms with Crippen LogP contribution in [0, 0.1) is 12.7 Å². The van der Waals surface area contributed by atoms with Crippen molar-refractivity contribution in [2.45, 2.75) is 18.6 Å². The maximum Gasteiger partial charge on any atom is 0.233 e. The van der Waals surface area contributed by atoms with Crippen molar-refractivity contribution in [3.8, 4) is 5.69 Å². The number of rotatable bonds is 6. The van der Waals surface area contributed by atoms with Crippen molar-refractivity contribution >= 4 is 29.3 Å². The number of hydrogen-bond acceptors (Lipinski definition) is 4. The van der Waals surface area contributed by atoms with Gasteiger partial charge in [-0.3, -0.25) is 9.36 Å². The van der Waals surface area contributed by atoms with Crippen LogP contribution in [0.1, 0.15) is 11.1 Å². The number of benzene rings is 2. The molecule has 0 spiro atoms. The van der Waals surface area contributed by atoms with Gasteiger partial charge in [-0.1, -0.05) is 47.6 Å². The molecule has 0 unspecified atom stereocenters. The van der Waals surface area contributed by atoms with Crippen molar-refractivity contribution in [1.82, 2.24) is 19.7 Å². The van der Waals surface area contributed by atoms with Gasteiger partial charge in [-0.05, 0) is 30.7 Å². The van der Waals surface area contributed by atoms with Crippen LogP contribution < -0.4 is 0 Å². The van der Waals surface area contributed by atoms with Gasteiger partial charge in [-0.15, -0.1) is 10.2 Å². The molecule has 0 saturated carbocycles. The van der Waals surface area contributed by atoms with Crippen molar-refractivity contribution in [1.29, 1.82) is 0 Å². The molecule has 1 amide bonds. The van der Waals surface area contributed by atoms with Crippen molar-refractivity contribution in [3.63, 3.8) is 0 Å². The molecular formula is C19H18ClFN4OS. The quantitative estimate of drug-likeness (QED) is 0.580. The fourth-order valence-corrected chi connectivity index (χ4v) is 3.65. The molecule has 8 heteroatoms. The minimum atomic E-state index is -0.422. The molecule has 0 N–H and O–H groups in total. The Hall–Kier alpha value is -2.38. The van der Waals surface area contributed by atoms with Crippen molar-refractivity contribution in [3.05, 3.63) is 70.8 Å². The van der Waals surface area contributed by atoms with E-state index in [1.807, 2.05) is 35.8 Å². The van der Waals surface area contributed by atoms with Crippen molar-refractivity contribution in [2.75, 3.05) is 12.8 Å². The Balaban J connectivity index is 1.67. The van der Waals surface area contributed by atoms with Gasteiger partial charge in [-0.25, -0.2) is 4.39 Å². The van der Waals surface area contributed by atoms with Crippen LogP contribution in [0.25, 0.3) is 5.69 Å². The Morgan fingerprint density at radius 2 is 2.04 bits per heavy atom. The molecule has 2 aromatic carbocycles. The van der Waals surface area contributed by atoms with Crippen LogP contribution in [0.4, 0.5) is 4.39 Å². The van der Waals surface area contributed by atoms with E-state index in [0.717, 1.165) is 11.3 Å². The van der Waals surface area contributed by atoms with E-state index in [9.17, 15) is 9.18 Å². The highest BCUT2D eigenvalue weighted by Gasteiger charge is 2.16. The number of aromatic nitrogens is 3. The van der Waals surface area contributed by atoms with Crippen molar-refractivity contribution in [2.24, 2.45) is 0 Å². The second-order valence-electron chi connectivity index (χ2n) is 6.01. The number of amides is 1. The lowest BCUT2D eigenvalue weighted by Crippen LogP contribution is -2.28. The highest BCUT2D eigenvalue weighted by atomic mass is 35.5. The van der Waals surface area contributed by atoms with Gasteiger partial charge in [0.1, 0.15) is 12.1 Å². The average molecular weight is 405 g/mol. The third kappa shape index (κ3) is 4.48. The minimum Gasteiger partial charge on any atom is -0.341 e. The fourth-order valence-electron chi connectivity index (χ4n) is 2.57. The highest BCUT2D eigenvalue weighted by molar-refractivity contribution is 7.99. The molecule has 0 radical (unpaired) electrons. The van der Waals surface area contributed by atoms with Crippen LogP contribution in [-0.2, 0) is 11.3 Å². The van der Waals surface area contributed by atoms with E-state index in [-0.39, 0.29) is 18.2 Å². The van der Waals surface area contributed by atoms with E-state index >= 15 is 0 Å². The van der Waals surface area contributed by atoms with Gasteiger partial charge in [0.05, 0.1) is 11.4 Å². The summed E-state index contributed by atoms with van der Waals surface area (Å²) >= 11 is 7.32. The maximum atomic E-state index is 13.9. The van der Waals surface area contributed by atoms with Crippen LogP contribution >= 0.6 is 23.4 Å². The predicted octanol–water partition coefficient (Wildman–Crippen LogP) is 4.12. The van der Waals surface area contributed by atoms with E-state index < -0.39 is 5.82 Å². The number of nitrogens with zero attached hydrogens (tertiary/aromatic N) is 4. The highest BCUT2D eigenvalue weighted by Crippen LogP contribution is 2.23. The van der Waals surface area contributed by atoms with Crippen molar-refractivity contribution < 1.29 is 9.18 Å². The molecule has 0 bridgehead atoms. The maximum absolute atomic E-state index is 13.9. The summed E-state index contributed by atoms with van der Waals surface area (Å²) in [6.07, 6.45) is 1.62. The van der Waals surface area contributed by atoms with Crippen LogP contribution in [0.15, 0.2) is 53.9 Å². The van der Waals surface area contributed by atoms with Gasteiger partial charge in [0.2, 0.25) is 5.91 Å². The zero-order valence-electron chi connectivity index (χ0n) is 14.9. The van der Waals surface area contributed by atoms with Gasteiger partial charge >= 0.3 is 0 Å². The lowest BCUT2D eigenvalue weighted by molar-refractivity contribution is -0.127. The monoisotopic (exact) mass is 404 g/mol. The number of thioether (sulfide) groups is 1. The third-order valence-corrected chi connectivity index (χ3v) is 5.38. The predicted molar refractivity (Wildman–Crippen MR) is 105 cm³/mol. The Labute approximate surface area is 166 Å². The van der Waals surface area contributed by atoms with Crippen LogP contribution in [0.2, 0.25) is 5.02 Å². The molecular weight excluding hydrogens is 387 g/mol. The lowest BCUT2D eigenvalue weighted by Gasteiger charge is -2.18. The van der Waals surface area contributed by atoms with Gasteiger partial charge in [0.15, 0.2) is 5.16 Å². The molecule has 140 valence electrons. The first-order chi connectivity index (χ1) is 13.0. The van der Waals surface area contributed by atoms with E-state index in [2.05, 4.69) is 10.2 Å². The molecule has 0 atom stereocenters. The Morgan fingerprint density at radius 1 is 1.26 bits per heavy atom. The first-order valence-electron chi connectivity index (χ1n) is 8.23. The molecule has 27 heavy (non-hydrogen) atoms. The minimum absolute atomic E-state index is 0.107. The summed E-state index contributed by atoms with van der Waals surface area (Å²) in [5.74, 6) is -0.416. The number of carbonyl (C=O) groups excluding carboxylic acids is 1. The first-order valence-corrected chi connectivity index (χ1v) is 9.59. The zero-order chi connectivity index (χ0) is 19.4. The summed E-state index contributed by atoms with van der Waals surface area (Å²) < 4.78 is 15.8. The first kappa shape index (κ1) is 19.4. The van der Waals surface area contributed by atoms with Gasteiger partial charge in [-0.2, -0.15) is 0 Å². The Bertz CT molecular complexity index is 942. The number of aryl methyl sites for hydroxylation is 1. The SMILES string of the molecule is Cc1ccccc1-n1cnnc1SCC(=O)N(C)Cc1c(F)cccc1Cl. The molecule has 5 nitrogen and oxygen atoms in total. The van der Waals surface area contributed by atoms with Gasteiger partial charge < -0.3 is 4.90 Å². The summed E-state index contributed by atoms with van der Waals surface area (Å²) in [4.78, 5) is 13.9. The summed E-state index contributed by atoms with van der Waals surface area (Å²) in [5.41, 5.74) is 2.35. The molecule has 3 aromatic rings. The largest absolute Gasteiger partial charge is 0.341 e. The summed E-state index contributed by atoms with van der Waals surface area (Å²) in [6, 6.07) is 12.3. The number of para-hydroxylation sites is 1. The molecule has 0 aliphatic heterocycles. The molecule has 0 aliphatic rings. The second kappa shape index (κ2) is 8.54. The van der Waals surface area contributed by atoms with E-state index in [4.69, 9.17) is 11.6 Å². The number of halogens is 2. The van der Waals surface area contributed by atoms with E-state index in [1.54, 1.807) is 19.4 Å². The van der Waals surface area contributed by atoms with Crippen LogP contribution in [0.3, 0.4) is 0 Å². The Kier molecular flexibility index (Phi) is 6.13. The summed E-state index contributed by atoms with van der Waals surface area (Å²) in [7, 11) is 1.62. The van der Waals surface area contributed by atoms with Gasteiger partial charge in [0.25, 0.3) is 0 Å². The summed E-state index contributed by atoms with van der Waals surface area (Å²) in [5, 5.41) is 8.98. The molecule has 0 saturated heterocycles. The molecule has 0 aliphatic carbocycles. The smallest absolute Gasteiger partial charge is 0.233 e. The van der Waals surface area contributed by atoms with Crippen LogP contribution in [-0.4, -0.2) is 38.4 Å². The molecule has 0 fully saturated rings. The molecule has 3 rings (SSSR count). The van der Waals surface area contributed by atoms with Gasteiger partial charge in [0, 0.05) is 24.2 Å². The standard InChI is InChI=1S/C19H18ClFN4OS/c1-13-6-3-4-9-17(13)25-12-22-23-19(25)27-11-18(26)24(2)10-14-15(20)7-5-8-16(14)21/h3-9,12H,10-11H2,1-2H3. The fraction of sp³-hybridized carbons (Fsp3) is 0.211. The van der Waals surface area contributed by atoms with E-state index in [0.29, 0.717) is 15.7 Å². The number of carbonyl (C=O) groups is 1. The molecule has 1 aromatic heterocycles. The lowest BCUT2D eigenvalue weighted by atomic mass is 10.2. The van der Waals surface area contributed by atoms with E-state index in [1.165, 1.54) is 28.8 Å². The summed E-state index contributed by atoms with van der Waals surface area (Å²) in [6.45, 7) is 2.11. The van der Waals surface area contributed by atoms with Crippen LogP contribution in [0.5, 0.6) is 0 Å². The zero-order valence-corrected chi connectivity index (χ0v) is 16.5. The topological polar surface area (TPSA) is 51.0 Å². The average Bonchev–Trinajstić information content (AvgIpc) is 3.11. The molecule has 1 heterocycles. The normalized spacial score (nSPS) is 10.8. The Morgan fingerprint density at radius 3 is 2.78 bits per heavy atom. The number of hydrogen-bond donors (Lipinski definition) is 0.